The summed E-state index contributed by atoms with van der Waals surface area (Å²) in [6, 6.07) is 0. The Morgan fingerprint density at radius 3 is 3.08 bits per heavy atom. The van der Waals surface area contributed by atoms with Crippen molar-refractivity contribution in [1.29, 1.82) is 0 Å². The molecule has 1 atom stereocenters. The second-order valence-electron chi connectivity index (χ2n) is 3.75. The summed E-state index contributed by atoms with van der Waals surface area (Å²) in [7, 11) is 0. The van der Waals surface area contributed by atoms with Gasteiger partial charge in [-0.3, -0.25) is 4.79 Å². The highest BCUT2D eigenvalue weighted by Crippen LogP contribution is 2.29. The van der Waals surface area contributed by atoms with E-state index < -0.39 is 0 Å². The fraction of sp³-hybridized carbons (Fsp3) is 0.600. The number of carbonyl (C=O) groups excluding carboxylic acids is 1. The Labute approximate surface area is 77.8 Å². The summed E-state index contributed by atoms with van der Waals surface area (Å²) in [5, 5.41) is 0. The molecule has 0 N–H and O–H groups in total. The van der Waals surface area contributed by atoms with Gasteiger partial charge in [0.25, 0.3) is 0 Å². The Bertz CT molecular complexity index is 341. The van der Waals surface area contributed by atoms with Crippen LogP contribution in [0.15, 0.2) is 0 Å². The monoisotopic (exact) mass is 178 g/mol. The van der Waals surface area contributed by atoms with Gasteiger partial charge in [-0.2, -0.15) is 0 Å². The van der Waals surface area contributed by atoms with Crippen LogP contribution < -0.4 is 0 Å². The summed E-state index contributed by atoms with van der Waals surface area (Å²) < 4.78 is 2.07. The lowest BCUT2D eigenvalue weighted by Gasteiger charge is -2.21. The van der Waals surface area contributed by atoms with Gasteiger partial charge in [0, 0.05) is 12.2 Å². The van der Waals surface area contributed by atoms with E-state index >= 15 is 0 Å². The number of aldehydes is 1. The Morgan fingerprint density at radius 2 is 2.38 bits per heavy atom. The van der Waals surface area contributed by atoms with E-state index in [1.54, 1.807) is 0 Å². The van der Waals surface area contributed by atoms with Crippen LogP contribution in [0.4, 0.5) is 0 Å². The van der Waals surface area contributed by atoms with Gasteiger partial charge in [0.1, 0.15) is 0 Å². The SMILES string of the molecule is Cc1nc(C=O)n2c1C(C)CCC2. The molecule has 70 valence electrons. The van der Waals surface area contributed by atoms with Crippen LogP contribution in [0, 0.1) is 6.92 Å². The average Bonchev–Trinajstić information content (AvgIpc) is 2.44. The molecule has 0 fully saturated rings. The van der Waals surface area contributed by atoms with Gasteiger partial charge in [0.05, 0.1) is 5.69 Å². The summed E-state index contributed by atoms with van der Waals surface area (Å²) in [6.07, 6.45) is 3.23. The van der Waals surface area contributed by atoms with E-state index in [1.807, 2.05) is 6.92 Å². The summed E-state index contributed by atoms with van der Waals surface area (Å²) in [4.78, 5) is 15.0. The molecule has 3 heteroatoms. The second kappa shape index (κ2) is 2.98. The first kappa shape index (κ1) is 8.48. The molecule has 1 aliphatic heterocycles. The van der Waals surface area contributed by atoms with E-state index in [0.29, 0.717) is 11.7 Å². The highest BCUT2D eigenvalue weighted by molar-refractivity contribution is 5.70. The Morgan fingerprint density at radius 1 is 1.62 bits per heavy atom. The molecule has 1 aromatic heterocycles. The zero-order valence-electron chi connectivity index (χ0n) is 8.08. The van der Waals surface area contributed by atoms with Gasteiger partial charge in [-0.15, -0.1) is 0 Å². The van der Waals surface area contributed by atoms with Gasteiger partial charge in [-0.1, -0.05) is 6.92 Å². The summed E-state index contributed by atoms with van der Waals surface area (Å²) in [5.74, 6) is 1.15. The number of hydrogen-bond donors (Lipinski definition) is 0. The lowest BCUT2D eigenvalue weighted by atomic mass is 9.97. The van der Waals surface area contributed by atoms with Gasteiger partial charge in [-0.25, -0.2) is 4.98 Å². The molecule has 1 aromatic rings. The highest BCUT2D eigenvalue weighted by Gasteiger charge is 2.22. The molecular formula is C10H14N2O. The molecule has 0 amide bonds. The van der Waals surface area contributed by atoms with E-state index in [-0.39, 0.29) is 0 Å². The number of fused-ring (bicyclic) bond motifs is 1. The number of nitrogens with zero attached hydrogens (tertiary/aromatic N) is 2. The van der Waals surface area contributed by atoms with Crippen molar-refractivity contribution in [3.05, 3.63) is 17.2 Å². The first-order valence-electron chi connectivity index (χ1n) is 4.76. The maximum atomic E-state index is 10.7. The lowest BCUT2D eigenvalue weighted by molar-refractivity contribution is 0.111. The summed E-state index contributed by atoms with van der Waals surface area (Å²) >= 11 is 0. The second-order valence-corrected chi connectivity index (χ2v) is 3.75. The first-order valence-corrected chi connectivity index (χ1v) is 4.76. The molecule has 1 aliphatic rings. The predicted octanol–water partition coefficient (Wildman–Crippen LogP) is 1.90. The van der Waals surface area contributed by atoms with E-state index in [9.17, 15) is 4.79 Å². The van der Waals surface area contributed by atoms with Crippen molar-refractivity contribution in [2.45, 2.75) is 39.2 Å². The quantitative estimate of drug-likeness (QED) is 0.615. The molecule has 2 rings (SSSR count). The molecular weight excluding hydrogens is 164 g/mol. The molecule has 0 saturated heterocycles. The minimum absolute atomic E-state index is 0.551. The van der Waals surface area contributed by atoms with E-state index in [1.165, 1.54) is 12.1 Å². The average molecular weight is 178 g/mol. The van der Waals surface area contributed by atoms with Crippen LogP contribution >= 0.6 is 0 Å². The van der Waals surface area contributed by atoms with Crippen LogP contribution in [0.1, 0.15) is 47.7 Å². The van der Waals surface area contributed by atoms with Crippen molar-refractivity contribution in [3.63, 3.8) is 0 Å². The molecule has 0 aliphatic carbocycles. The number of imidazole rings is 1. The molecule has 13 heavy (non-hydrogen) atoms. The lowest BCUT2D eigenvalue weighted by Crippen LogP contribution is -2.15. The normalized spacial score (nSPS) is 21.2. The predicted molar refractivity (Wildman–Crippen MR) is 50.0 cm³/mol. The Kier molecular flexibility index (Phi) is 1.94. The number of aryl methyl sites for hydroxylation is 1. The molecule has 2 heterocycles. The van der Waals surface area contributed by atoms with Crippen molar-refractivity contribution in [1.82, 2.24) is 9.55 Å². The van der Waals surface area contributed by atoms with E-state index in [4.69, 9.17) is 0 Å². The highest BCUT2D eigenvalue weighted by atomic mass is 16.1. The Hall–Kier alpha value is -1.12. The Balaban J connectivity index is 2.57. The van der Waals surface area contributed by atoms with Crippen molar-refractivity contribution >= 4 is 6.29 Å². The third-order valence-corrected chi connectivity index (χ3v) is 2.81. The molecule has 0 saturated carbocycles. The fourth-order valence-corrected chi connectivity index (χ4v) is 2.25. The maximum absolute atomic E-state index is 10.7. The molecule has 1 unspecified atom stereocenters. The molecule has 0 bridgehead atoms. The van der Waals surface area contributed by atoms with Crippen molar-refractivity contribution in [2.24, 2.45) is 0 Å². The van der Waals surface area contributed by atoms with Crippen molar-refractivity contribution in [2.75, 3.05) is 0 Å². The van der Waals surface area contributed by atoms with Gasteiger partial charge in [0.15, 0.2) is 12.1 Å². The van der Waals surface area contributed by atoms with Gasteiger partial charge in [0.2, 0.25) is 0 Å². The van der Waals surface area contributed by atoms with Gasteiger partial charge < -0.3 is 4.57 Å². The third kappa shape index (κ3) is 1.19. The minimum Gasteiger partial charge on any atom is -0.325 e. The van der Waals surface area contributed by atoms with E-state index in [0.717, 1.165) is 24.9 Å². The van der Waals surface area contributed by atoms with Crippen molar-refractivity contribution in [3.8, 4) is 0 Å². The molecule has 0 radical (unpaired) electrons. The number of aromatic nitrogens is 2. The molecule has 0 spiro atoms. The fourth-order valence-electron chi connectivity index (χ4n) is 2.25. The number of hydrogen-bond acceptors (Lipinski definition) is 2. The zero-order valence-corrected chi connectivity index (χ0v) is 8.08. The number of carbonyl (C=O) groups is 1. The van der Waals surface area contributed by atoms with Crippen LogP contribution in [0.25, 0.3) is 0 Å². The van der Waals surface area contributed by atoms with Crippen LogP contribution in [0.2, 0.25) is 0 Å². The number of rotatable bonds is 1. The summed E-state index contributed by atoms with van der Waals surface area (Å²) in [5.41, 5.74) is 2.28. The van der Waals surface area contributed by atoms with E-state index in [2.05, 4.69) is 16.5 Å². The first-order chi connectivity index (χ1) is 6.24. The van der Waals surface area contributed by atoms with Crippen LogP contribution in [0.5, 0.6) is 0 Å². The molecule has 3 nitrogen and oxygen atoms in total. The van der Waals surface area contributed by atoms with Gasteiger partial charge >= 0.3 is 0 Å². The van der Waals surface area contributed by atoms with Crippen LogP contribution in [-0.2, 0) is 6.54 Å². The molecule has 0 aromatic carbocycles. The zero-order chi connectivity index (χ0) is 9.42. The topological polar surface area (TPSA) is 34.9 Å². The van der Waals surface area contributed by atoms with Crippen molar-refractivity contribution < 1.29 is 4.79 Å². The summed E-state index contributed by atoms with van der Waals surface area (Å²) in [6.45, 7) is 5.14. The standard InChI is InChI=1S/C10H14N2O/c1-7-4-3-5-12-9(6-13)11-8(2)10(7)12/h6-7H,3-5H2,1-2H3. The van der Waals surface area contributed by atoms with Gasteiger partial charge in [-0.05, 0) is 25.7 Å². The van der Waals surface area contributed by atoms with Crippen LogP contribution in [0.3, 0.4) is 0 Å². The smallest absolute Gasteiger partial charge is 0.185 e. The largest absolute Gasteiger partial charge is 0.325 e. The minimum atomic E-state index is 0.551. The third-order valence-electron chi connectivity index (χ3n) is 2.81. The van der Waals surface area contributed by atoms with Crippen LogP contribution in [-0.4, -0.2) is 15.8 Å². The maximum Gasteiger partial charge on any atom is 0.185 e.